The zero-order valence-electron chi connectivity index (χ0n) is 13.5. The van der Waals surface area contributed by atoms with Crippen molar-refractivity contribution in [2.45, 2.75) is 40.0 Å². The predicted molar refractivity (Wildman–Crippen MR) is 85.2 cm³/mol. The number of hydrogen-bond acceptors (Lipinski definition) is 4. The van der Waals surface area contributed by atoms with Crippen molar-refractivity contribution in [3.8, 4) is 11.6 Å². The van der Waals surface area contributed by atoms with E-state index in [-0.39, 0.29) is 0 Å². The number of nitrogens with zero attached hydrogens (tertiary/aromatic N) is 4. The average molecular weight is 287 g/mol. The first-order valence-corrected chi connectivity index (χ1v) is 7.78. The molecule has 0 saturated carbocycles. The highest BCUT2D eigenvalue weighted by atomic mass is 15.1. The average Bonchev–Trinajstić information content (AvgIpc) is 2.93. The Bertz CT molecular complexity index is 563. The molecule has 5 heteroatoms. The molecule has 0 aliphatic heterocycles. The van der Waals surface area contributed by atoms with Gasteiger partial charge in [0.05, 0.1) is 0 Å². The lowest BCUT2D eigenvalue weighted by atomic mass is 10.0. The Labute approximate surface area is 126 Å². The standard InChI is InChI=1S/C16H25N5/c1-5-13-12(8-9-17-7-3)14(6-2)20-15(19-13)16-18-10-11-21(16)4/h10-11,17H,5-9H2,1-4H3. The Kier molecular flexibility index (Phi) is 5.44. The highest BCUT2D eigenvalue weighted by Gasteiger charge is 2.15. The number of likely N-dealkylation sites (N-methyl/N-ethyl adjacent to an activating group) is 1. The monoisotopic (exact) mass is 287 g/mol. The maximum absolute atomic E-state index is 4.76. The summed E-state index contributed by atoms with van der Waals surface area (Å²) in [7, 11) is 1.97. The van der Waals surface area contributed by atoms with Crippen LogP contribution in [0, 0.1) is 0 Å². The quantitative estimate of drug-likeness (QED) is 0.793. The summed E-state index contributed by atoms with van der Waals surface area (Å²) in [6, 6.07) is 0. The topological polar surface area (TPSA) is 55.6 Å². The summed E-state index contributed by atoms with van der Waals surface area (Å²) >= 11 is 0. The highest BCUT2D eigenvalue weighted by molar-refractivity contribution is 5.46. The van der Waals surface area contributed by atoms with Crippen molar-refractivity contribution in [2.75, 3.05) is 13.1 Å². The van der Waals surface area contributed by atoms with Crippen molar-refractivity contribution in [3.63, 3.8) is 0 Å². The molecule has 0 aromatic carbocycles. The molecule has 0 spiro atoms. The molecule has 2 aromatic rings. The summed E-state index contributed by atoms with van der Waals surface area (Å²) < 4.78 is 1.96. The normalized spacial score (nSPS) is 11.0. The van der Waals surface area contributed by atoms with Gasteiger partial charge in [0.1, 0.15) is 0 Å². The molecule has 0 amide bonds. The number of aromatic nitrogens is 4. The van der Waals surface area contributed by atoms with Gasteiger partial charge in [-0.25, -0.2) is 15.0 Å². The Hall–Kier alpha value is -1.75. The zero-order chi connectivity index (χ0) is 15.2. The number of nitrogens with one attached hydrogen (secondary N) is 1. The van der Waals surface area contributed by atoms with Crippen molar-refractivity contribution in [1.29, 1.82) is 0 Å². The molecule has 21 heavy (non-hydrogen) atoms. The summed E-state index contributed by atoms with van der Waals surface area (Å²) in [5.74, 6) is 1.57. The fourth-order valence-corrected chi connectivity index (χ4v) is 2.53. The van der Waals surface area contributed by atoms with E-state index in [0.29, 0.717) is 0 Å². The third kappa shape index (κ3) is 3.47. The molecule has 0 saturated heterocycles. The SMILES string of the molecule is CCNCCc1c(CC)nc(-c2nccn2C)nc1CC. The lowest BCUT2D eigenvalue weighted by Crippen LogP contribution is -2.19. The van der Waals surface area contributed by atoms with E-state index < -0.39 is 0 Å². The molecular formula is C16H25N5. The van der Waals surface area contributed by atoms with E-state index >= 15 is 0 Å². The Morgan fingerprint density at radius 2 is 1.76 bits per heavy atom. The van der Waals surface area contributed by atoms with Gasteiger partial charge < -0.3 is 9.88 Å². The van der Waals surface area contributed by atoms with Gasteiger partial charge >= 0.3 is 0 Å². The van der Waals surface area contributed by atoms with Crippen LogP contribution in [0.25, 0.3) is 11.6 Å². The molecule has 0 unspecified atom stereocenters. The number of rotatable bonds is 7. The van der Waals surface area contributed by atoms with Gasteiger partial charge in [-0.2, -0.15) is 0 Å². The first-order valence-electron chi connectivity index (χ1n) is 7.78. The van der Waals surface area contributed by atoms with Crippen LogP contribution in [0.2, 0.25) is 0 Å². The molecule has 0 bridgehead atoms. The second kappa shape index (κ2) is 7.31. The lowest BCUT2D eigenvalue weighted by Gasteiger charge is -2.14. The van der Waals surface area contributed by atoms with E-state index in [9.17, 15) is 0 Å². The second-order valence-electron chi connectivity index (χ2n) is 5.09. The fraction of sp³-hybridized carbons (Fsp3) is 0.562. The molecule has 0 radical (unpaired) electrons. The van der Waals surface area contributed by atoms with Crippen LogP contribution in [0.3, 0.4) is 0 Å². The van der Waals surface area contributed by atoms with E-state index in [1.807, 2.05) is 17.8 Å². The third-order valence-corrected chi connectivity index (χ3v) is 3.67. The van der Waals surface area contributed by atoms with E-state index in [4.69, 9.17) is 9.97 Å². The van der Waals surface area contributed by atoms with Gasteiger partial charge in [0.2, 0.25) is 0 Å². The summed E-state index contributed by atoms with van der Waals surface area (Å²) in [4.78, 5) is 13.9. The lowest BCUT2D eigenvalue weighted by molar-refractivity contribution is 0.701. The first kappa shape index (κ1) is 15.6. The number of imidazole rings is 1. The first-order chi connectivity index (χ1) is 10.2. The molecular weight excluding hydrogens is 262 g/mol. The maximum Gasteiger partial charge on any atom is 0.196 e. The number of hydrogen-bond donors (Lipinski definition) is 1. The largest absolute Gasteiger partial charge is 0.331 e. The van der Waals surface area contributed by atoms with Crippen molar-refractivity contribution >= 4 is 0 Å². The van der Waals surface area contributed by atoms with E-state index in [1.165, 1.54) is 5.56 Å². The van der Waals surface area contributed by atoms with Gasteiger partial charge in [-0.3, -0.25) is 0 Å². The summed E-state index contributed by atoms with van der Waals surface area (Å²) in [6.07, 6.45) is 6.55. The van der Waals surface area contributed by atoms with E-state index in [1.54, 1.807) is 6.20 Å². The molecule has 5 nitrogen and oxygen atoms in total. The van der Waals surface area contributed by atoms with Gasteiger partial charge in [0.15, 0.2) is 11.6 Å². The molecule has 0 aliphatic carbocycles. The van der Waals surface area contributed by atoms with Crippen LogP contribution >= 0.6 is 0 Å². The van der Waals surface area contributed by atoms with Gasteiger partial charge in [0.25, 0.3) is 0 Å². The minimum Gasteiger partial charge on any atom is -0.331 e. The van der Waals surface area contributed by atoms with Gasteiger partial charge in [0, 0.05) is 30.8 Å². The van der Waals surface area contributed by atoms with Crippen LogP contribution in [-0.4, -0.2) is 32.6 Å². The summed E-state index contributed by atoms with van der Waals surface area (Å²) in [6.45, 7) is 8.40. The molecule has 2 rings (SSSR count). The Morgan fingerprint density at radius 1 is 1.10 bits per heavy atom. The summed E-state index contributed by atoms with van der Waals surface area (Å²) in [5, 5.41) is 3.38. The molecule has 2 aromatic heterocycles. The predicted octanol–water partition coefficient (Wildman–Crippen LogP) is 2.15. The Morgan fingerprint density at radius 3 is 2.24 bits per heavy atom. The molecule has 114 valence electrons. The summed E-state index contributed by atoms with van der Waals surface area (Å²) in [5.41, 5.74) is 3.61. The molecule has 2 heterocycles. The van der Waals surface area contributed by atoms with E-state index in [2.05, 4.69) is 31.1 Å². The van der Waals surface area contributed by atoms with Crippen LogP contribution in [0.15, 0.2) is 12.4 Å². The number of aryl methyl sites for hydroxylation is 3. The second-order valence-corrected chi connectivity index (χ2v) is 5.09. The van der Waals surface area contributed by atoms with Crippen LogP contribution in [0.4, 0.5) is 0 Å². The zero-order valence-corrected chi connectivity index (χ0v) is 13.5. The minimum atomic E-state index is 0.739. The maximum atomic E-state index is 4.76. The minimum absolute atomic E-state index is 0.739. The third-order valence-electron chi connectivity index (χ3n) is 3.67. The van der Waals surface area contributed by atoms with Crippen LogP contribution in [-0.2, 0) is 26.3 Å². The molecule has 0 fully saturated rings. The van der Waals surface area contributed by atoms with Crippen molar-refractivity contribution in [2.24, 2.45) is 7.05 Å². The van der Waals surface area contributed by atoms with Crippen LogP contribution < -0.4 is 5.32 Å². The van der Waals surface area contributed by atoms with Gasteiger partial charge in [-0.15, -0.1) is 0 Å². The van der Waals surface area contributed by atoms with Crippen molar-refractivity contribution in [1.82, 2.24) is 24.8 Å². The van der Waals surface area contributed by atoms with E-state index in [0.717, 1.165) is 55.4 Å². The van der Waals surface area contributed by atoms with Crippen molar-refractivity contribution < 1.29 is 0 Å². The van der Waals surface area contributed by atoms with Crippen LogP contribution in [0.5, 0.6) is 0 Å². The molecule has 0 atom stereocenters. The highest BCUT2D eigenvalue weighted by Crippen LogP contribution is 2.19. The molecule has 1 N–H and O–H groups in total. The van der Waals surface area contributed by atoms with Crippen LogP contribution in [0.1, 0.15) is 37.7 Å². The Balaban J connectivity index is 2.41. The molecule has 0 aliphatic rings. The smallest absolute Gasteiger partial charge is 0.196 e. The van der Waals surface area contributed by atoms with Gasteiger partial charge in [-0.1, -0.05) is 20.8 Å². The fourth-order valence-electron chi connectivity index (χ4n) is 2.53. The van der Waals surface area contributed by atoms with Gasteiger partial charge in [-0.05, 0) is 37.9 Å². The van der Waals surface area contributed by atoms with Crippen molar-refractivity contribution in [3.05, 3.63) is 29.3 Å².